The second kappa shape index (κ2) is 30.3. The number of aliphatic hydroxyl groups excluding tert-OH is 2. The van der Waals surface area contributed by atoms with E-state index in [1.807, 2.05) is 0 Å². The molecule has 11 nitrogen and oxygen atoms in total. The molecule has 1 unspecified atom stereocenters. The van der Waals surface area contributed by atoms with Gasteiger partial charge in [0.1, 0.15) is 0 Å². The van der Waals surface area contributed by atoms with Crippen molar-refractivity contribution >= 4 is 59.6 Å². The van der Waals surface area contributed by atoms with Crippen LogP contribution in [0.15, 0.2) is 48.0 Å². The van der Waals surface area contributed by atoms with Gasteiger partial charge in [0, 0.05) is 57.4 Å². The van der Waals surface area contributed by atoms with Gasteiger partial charge in [0.25, 0.3) is 0 Å². The molecule has 2 saturated heterocycles. The number of hydrogen-bond acceptors (Lipinski definition) is 11. The minimum absolute atomic E-state index is 0. The molecule has 0 saturated carbocycles. The Morgan fingerprint density at radius 2 is 0.805 bits per heavy atom. The molecule has 6 aliphatic rings. The summed E-state index contributed by atoms with van der Waals surface area (Å²) in [6.45, 7) is 19.9. The van der Waals surface area contributed by atoms with Crippen LogP contribution in [0.25, 0.3) is 0 Å². The van der Waals surface area contributed by atoms with E-state index in [9.17, 15) is 10.2 Å². The normalized spacial score (nSPS) is 23.9. The van der Waals surface area contributed by atoms with Gasteiger partial charge in [-0.3, -0.25) is 14.7 Å². The van der Waals surface area contributed by atoms with Gasteiger partial charge in [-0.1, -0.05) is 75.5 Å². The van der Waals surface area contributed by atoms with Crippen molar-refractivity contribution in [3.63, 3.8) is 0 Å². The molecule has 0 amide bonds. The average molecular weight is 1200 g/mol. The Morgan fingerprint density at radius 3 is 1.12 bits per heavy atom. The molecule has 7 atom stereocenters. The molecule has 0 spiro atoms. The third-order valence-corrected chi connectivity index (χ3v) is 15.6. The summed E-state index contributed by atoms with van der Waals surface area (Å²) < 4.78 is 29.1. The first-order valence-corrected chi connectivity index (χ1v) is 33.3. The zero-order chi connectivity index (χ0) is 54.3. The van der Waals surface area contributed by atoms with Crippen LogP contribution in [0.4, 0.5) is 0 Å². The molecule has 77 heavy (non-hydrogen) atoms. The maximum absolute atomic E-state index is 10.6. The minimum atomic E-state index is -3.69. The van der Waals surface area contributed by atoms with Gasteiger partial charge < -0.3 is 38.6 Å². The molecular weight excluding hydrogens is 1100 g/mol. The fourth-order valence-electron chi connectivity index (χ4n) is 12.3. The number of fused-ring (bicyclic) bond motifs is 9. The number of halogens is 5. The van der Waals surface area contributed by atoms with Crippen molar-refractivity contribution in [2.45, 2.75) is 152 Å². The van der Waals surface area contributed by atoms with Crippen molar-refractivity contribution in [2.75, 3.05) is 81.9 Å². The Labute approximate surface area is 489 Å². The van der Waals surface area contributed by atoms with Crippen LogP contribution >= 0.6 is 59.6 Å². The van der Waals surface area contributed by atoms with Crippen molar-refractivity contribution in [3.05, 3.63) is 81.4 Å². The molecule has 9 rings (SSSR count). The van der Waals surface area contributed by atoms with E-state index in [-0.39, 0.29) is 34.5 Å². The van der Waals surface area contributed by atoms with Crippen molar-refractivity contribution < 1.29 is 38.6 Å². The van der Waals surface area contributed by atoms with Crippen LogP contribution in [0.1, 0.15) is 154 Å². The Balaban J connectivity index is 0.000000283. The molecule has 0 radical (unpaired) electrons. The summed E-state index contributed by atoms with van der Waals surface area (Å²) >= 11 is 24.9. The SMILES string of the molecule is C.C.C.COc1cc2c(cc1OC)C1CC=C(CC(C)C)CN1CC2.COc1cc2c(cc1OC)[C@@H]1C[C@@H](O)[C@@H](CC(C)C)CN1CC2.COc1cc2c(cc1OC)[C@H]1C[C@H](O)[C@H](CC(C)C)CN1CC2.ClP(Cl)(Cl)(Cl)Cl. The van der Waals surface area contributed by atoms with Crippen molar-refractivity contribution in [1.29, 1.82) is 0 Å². The van der Waals surface area contributed by atoms with Crippen LogP contribution in [-0.4, -0.2) is 119 Å². The van der Waals surface area contributed by atoms with Crippen molar-refractivity contribution in [3.8, 4) is 34.5 Å². The number of benzene rings is 3. The zero-order valence-electron chi connectivity index (χ0n) is 45.9. The van der Waals surface area contributed by atoms with Crippen LogP contribution in [0.3, 0.4) is 0 Å². The molecule has 0 aromatic heterocycles. The number of aliphatic hydroxyl groups is 2. The van der Waals surface area contributed by atoms with Crippen LogP contribution in [0.2, 0.25) is 0 Å². The van der Waals surface area contributed by atoms with Crippen molar-refractivity contribution in [1.82, 2.24) is 14.7 Å². The number of rotatable bonds is 12. The van der Waals surface area contributed by atoms with E-state index in [1.54, 1.807) is 48.2 Å². The second-order valence-corrected chi connectivity index (χ2v) is 38.8. The molecule has 2 fully saturated rings. The van der Waals surface area contributed by atoms with E-state index < -0.39 is 3.37 Å². The monoisotopic (exact) mass is 1190 g/mol. The molecule has 6 aliphatic heterocycles. The van der Waals surface area contributed by atoms with E-state index in [4.69, 9.17) is 84.6 Å². The Bertz CT molecular complexity index is 2250. The van der Waals surface area contributed by atoms with E-state index in [0.717, 1.165) is 131 Å². The number of ether oxygens (including phenoxy) is 6. The van der Waals surface area contributed by atoms with E-state index in [2.05, 4.69) is 98.7 Å². The van der Waals surface area contributed by atoms with Crippen LogP contribution in [0, 0.1) is 29.6 Å². The van der Waals surface area contributed by atoms with Crippen molar-refractivity contribution in [2.24, 2.45) is 29.6 Å². The summed E-state index contributed by atoms with van der Waals surface area (Å²) in [6.07, 6.45) is 11.4. The number of piperidine rings is 2. The topological polar surface area (TPSA) is 106 Å². The van der Waals surface area contributed by atoms with Gasteiger partial charge in [-0.05, 0) is 157 Å². The number of methoxy groups -OCH3 is 6. The van der Waals surface area contributed by atoms with Crippen LogP contribution in [-0.2, 0) is 19.3 Å². The summed E-state index contributed by atoms with van der Waals surface area (Å²) in [5.41, 5.74) is 9.71. The second-order valence-electron chi connectivity index (χ2n) is 22.2. The third-order valence-electron chi connectivity index (χ3n) is 15.6. The summed E-state index contributed by atoms with van der Waals surface area (Å²) in [6, 6.07) is 13.9. The predicted molar refractivity (Wildman–Crippen MR) is 328 cm³/mol. The van der Waals surface area contributed by atoms with Gasteiger partial charge in [-0.15, -0.1) is 0 Å². The predicted octanol–water partition coefficient (Wildman–Crippen LogP) is 16.3. The molecule has 3 aromatic carbocycles. The molecule has 3 aromatic rings. The maximum atomic E-state index is 10.6. The Morgan fingerprint density at radius 1 is 0.494 bits per heavy atom. The zero-order valence-corrected chi connectivity index (χ0v) is 50.6. The number of hydrogen-bond donors (Lipinski definition) is 2. The summed E-state index contributed by atoms with van der Waals surface area (Å²) in [5, 5.41) is 21.3. The molecule has 0 bridgehead atoms. The van der Waals surface area contributed by atoms with Crippen LogP contribution < -0.4 is 28.4 Å². The van der Waals surface area contributed by atoms with Gasteiger partial charge in [-0.25, -0.2) is 0 Å². The molecule has 0 aliphatic carbocycles. The van der Waals surface area contributed by atoms with E-state index in [0.29, 0.717) is 41.8 Å². The first-order chi connectivity index (χ1) is 34.9. The van der Waals surface area contributed by atoms with Gasteiger partial charge in [0.15, 0.2) is 34.5 Å². The molecule has 6 heterocycles. The number of nitrogens with zero attached hydrogens (tertiary/aromatic N) is 3. The van der Waals surface area contributed by atoms with Gasteiger partial charge in [0.2, 0.25) is 0 Å². The van der Waals surface area contributed by atoms with E-state index >= 15 is 0 Å². The Hall–Kier alpha value is -2.12. The van der Waals surface area contributed by atoms with E-state index in [1.165, 1.54) is 39.8 Å². The van der Waals surface area contributed by atoms with Gasteiger partial charge in [0.05, 0.1) is 54.9 Å². The summed E-state index contributed by atoms with van der Waals surface area (Å²) in [7, 11) is 10.1. The van der Waals surface area contributed by atoms with Crippen LogP contribution in [0.5, 0.6) is 34.5 Å². The average Bonchev–Trinajstić information content (AvgIpc) is 3.34. The van der Waals surface area contributed by atoms with Gasteiger partial charge in [-0.2, -0.15) is 0 Å². The first kappa shape index (κ1) is 69.2. The fourth-order valence-corrected chi connectivity index (χ4v) is 12.3. The fraction of sp³-hybridized carbons (Fsp3) is 0.667. The molecule has 17 heteroatoms. The summed E-state index contributed by atoms with van der Waals surface area (Å²) in [5.74, 6) is 7.66. The standard InChI is InChI=1S/2C19H29NO3.C19H27NO2.3CH4.Cl5P/c2*1-12(2)7-14-11-20-6-5-13-8-18(22-3)19(23-4)9-15(13)16(20)10-17(14)21;1-13(2)9-14-5-6-17-16-11-19(22-4)18(21-3)10-15(16)7-8-20(17)12-14;;;;1-6(2,3,4)5/h2*8-9,12,14,16-17,21H,5-7,10-11H2,1-4H3;5,10-11,13,17H,6-9,12H2,1-4H3;3*1H4;/t2*14-,16-,17+;;;;;/m10...../s1. The quantitative estimate of drug-likeness (QED) is 0.134. The Kier molecular flexibility index (Phi) is 27.2. The molecule has 440 valence electrons. The third kappa shape index (κ3) is 19.0. The molecule has 2 N–H and O–H groups in total. The summed E-state index contributed by atoms with van der Waals surface area (Å²) in [4.78, 5) is 7.73. The molecular formula is C60H97Cl5N3O8P. The first-order valence-electron chi connectivity index (χ1n) is 26.5. The van der Waals surface area contributed by atoms with Gasteiger partial charge >= 0.3 is 59.6 Å².